The molecule has 0 bridgehead atoms. The fourth-order valence-corrected chi connectivity index (χ4v) is 1.89. The number of hydrogen-bond acceptors (Lipinski definition) is 6. The number of nitrogen functional groups attached to an aromatic ring is 1. The van der Waals surface area contributed by atoms with E-state index in [0.29, 0.717) is 22.4 Å². The van der Waals surface area contributed by atoms with Gasteiger partial charge in [-0.15, -0.1) is 0 Å². The van der Waals surface area contributed by atoms with E-state index in [2.05, 4.69) is 20.0 Å². The first-order chi connectivity index (χ1) is 9.26. The first kappa shape index (κ1) is 16.3. The molecule has 0 spiro atoms. The third-order valence-electron chi connectivity index (χ3n) is 1.82. The largest absolute Gasteiger partial charge is 0.440 e. The van der Waals surface area contributed by atoms with Crippen molar-refractivity contribution in [3.05, 3.63) is 11.8 Å². The van der Waals surface area contributed by atoms with Gasteiger partial charge in [0.2, 0.25) is 0 Å². The van der Waals surface area contributed by atoms with Crippen LogP contribution in [0.5, 0.6) is 0 Å². The smallest absolute Gasteiger partial charge is 0.422 e. The highest BCUT2D eigenvalue weighted by Crippen LogP contribution is 2.15. The topological polar surface area (TPSA) is 90.1 Å². The predicted molar refractivity (Wildman–Crippen MR) is 67.3 cm³/mol. The van der Waals surface area contributed by atoms with E-state index in [1.807, 2.05) is 0 Å². The molecule has 1 aromatic rings. The minimum Gasteiger partial charge on any atom is -0.440 e. The Morgan fingerprint density at radius 3 is 2.80 bits per heavy atom. The van der Waals surface area contributed by atoms with E-state index in [9.17, 15) is 18.0 Å². The van der Waals surface area contributed by atoms with Gasteiger partial charge in [-0.25, -0.2) is 14.8 Å². The van der Waals surface area contributed by atoms with Crippen LogP contribution in [0.2, 0.25) is 0 Å². The average molecular weight is 310 g/mol. The molecule has 112 valence electrons. The molecule has 10 heteroatoms. The van der Waals surface area contributed by atoms with Crippen LogP contribution in [0.1, 0.15) is 5.69 Å². The van der Waals surface area contributed by atoms with E-state index in [1.54, 1.807) is 13.0 Å². The zero-order chi connectivity index (χ0) is 15.2. The molecule has 0 aromatic carbocycles. The van der Waals surface area contributed by atoms with Gasteiger partial charge in [0, 0.05) is 24.1 Å². The number of carbonyl (C=O) groups excluding carboxylic acids is 1. The highest BCUT2D eigenvalue weighted by atomic mass is 32.2. The van der Waals surface area contributed by atoms with E-state index in [1.165, 1.54) is 11.8 Å². The van der Waals surface area contributed by atoms with Crippen molar-refractivity contribution in [1.29, 1.82) is 0 Å². The summed E-state index contributed by atoms with van der Waals surface area (Å²) in [5.41, 5.74) is 6.24. The Hall–Kier alpha value is -1.71. The van der Waals surface area contributed by atoms with Gasteiger partial charge in [0.15, 0.2) is 11.8 Å². The average Bonchev–Trinajstić information content (AvgIpc) is 2.30. The van der Waals surface area contributed by atoms with Crippen molar-refractivity contribution in [2.45, 2.75) is 18.3 Å². The van der Waals surface area contributed by atoms with Crippen molar-refractivity contribution < 1.29 is 22.7 Å². The predicted octanol–water partition coefficient (Wildman–Crippen LogP) is 1.75. The first-order valence-electron chi connectivity index (χ1n) is 5.47. The summed E-state index contributed by atoms with van der Waals surface area (Å²) in [6.45, 7) is 0.275. The zero-order valence-electron chi connectivity index (χ0n) is 10.5. The highest BCUT2D eigenvalue weighted by Gasteiger charge is 2.29. The molecule has 1 rings (SSSR count). The van der Waals surface area contributed by atoms with E-state index in [-0.39, 0.29) is 6.54 Å². The number of alkyl halides is 3. The van der Waals surface area contributed by atoms with Crippen LogP contribution in [0.3, 0.4) is 0 Å². The number of nitrogens with two attached hydrogens (primary N) is 1. The fraction of sp³-hybridized carbons (Fsp3) is 0.500. The van der Waals surface area contributed by atoms with Crippen molar-refractivity contribution in [3.63, 3.8) is 0 Å². The van der Waals surface area contributed by atoms with Gasteiger partial charge in [0.1, 0.15) is 5.82 Å². The van der Waals surface area contributed by atoms with Crippen LogP contribution in [0.25, 0.3) is 0 Å². The molecule has 0 fully saturated rings. The molecule has 0 unspecified atom stereocenters. The Bertz CT molecular complexity index is 450. The summed E-state index contributed by atoms with van der Waals surface area (Å²) < 4.78 is 39.3. The maximum absolute atomic E-state index is 11.8. The maximum Gasteiger partial charge on any atom is 0.422 e. The molecular formula is C10H13F3N4O2S. The molecule has 0 atom stereocenters. The molecule has 1 aromatic heterocycles. The number of alkyl carbamates (subject to hydrolysis) is 1. The lowest BCUT2D eigenvalue weighted by Crippen LogP contribution is -2.30. The number of thioether (sulfide) groups is 1. The van der Waals surface area contributed by atoms with Gasteiger partial charge >= 0.3 is 12.3 Å². The Balaban J connectivity index is 2.23. The second-order valence-electron chi connectivity index (χ2n) is 3.68. The van der Waals surface area contributed by atoms with Gasteiger partial charge in [0.25, 0.3) is 0 Å². The van der Waals surface area contributed by atoms with Crippen molar-refractivity contribution in [1.82, 2.24) is 15.3 Å². The van der Waals surface area contributed by atoms with E-state index in [0.717, 1.165) is 0 Å². The quantitative estimate of drug-likeness (QED) is 0.489. The number of halogens is 3. The lowest BCUT2D eigenvalue weighted by molar-refractivity contribution is -0.160. The van der Waals surface area contributed by atoms with Gasteiger partial charge in [0.05, 0.1) is 0 Å². The Kier molecular flexibility index (Phi) is 5.86. The first-order valence-corrected chi connectivity index (χ1v) is 6.46. The van der Waals surface area contributed by atoms with Crippen LogP contribution in [0, 0.1) is 6.92 Å². The van der Waals surface area contributed by atoms with E-state index >= 15 is 0 Å². The number of hydrogen-bond donors (Lipinski definition) is 2. The van der Waals surface area contributed by atoms with Crippen LogP contribution in [0.4, 0.5) is 23.8 Å². The van der Waals surface area contributed by atoms with Gasteiger partial charge in [-0.3, -0.25) is 0 Å². The zero-order valence-corrected chi connectivity index (χ0v) is 11.3. The van der Waals surface area contributed by atoms with Crippen LogP contribution in [-0.2, 0) is 4.74 Å². The summed E-state index contributed by atoms with van der Waals surface area (Å²) in [6.07, 6.45) is -5.65. The summed E-state index contributed by atoms with van der Waals surface area (Å²) >= 11 is 1.22. The number of aryl methyl sites for hydroxylation is 1. The van der Waals surface area contributed by atoms with Crippen LogP contribution < -0.4 is 11.1 Å². The Morgan fingerprint density at radius 1 is 1.50 bits per heavy atom. The SMILES string of the molecule is Cc1cc(N)nc(SCCNC(=O)OCC(F)(F)F)n1. The summed E-state index contributed by atoms with van der Waals surface area (Å²) in [5.74, 6) is 0.710. The number of aromatic nitrogens is 2. The standard InChI is InChI=1S/C10H13F3N4O2S/c1-6-4-7(14)17-8(16-6)20-3-2-15-9(18)19-5-10(11,12)13/h4H,2-3,5H2,1H3,(H,15,18)(H2,14,16,17). The number of carbonyl (C=O) groups is 1. The third kappa shape index (κ3) is 7.02. The monoisotopic (exact) mass is 310 g/mol. The molecule has 0 radical (unpaired) electrons. The van der Waals surface area contributed by atoms with Crippen molar-refractivity contribution in [2.75, 3.05) is 24.6 Å². The van der Waals surface area contributed by atoms with E-state index < -0.39 is 18.9 Å². The molecule has 0 aliphatic carbocycles. The lowest BCUT2D eigenvalue weighted by atomic mass is 10.4. The minimum atomic E-state index is -4.53. The van der Waals surface area contributed by atoms with Crippen LogP contribution in [-0.4, -0.2) is 41.1 Å². The van der Waals surface area contributed by atoms with Crippen LogP contribution in [0.15, 0.2) is 11.2 Å². The van der Waals surface area contributed by atoms with E-state index in [4.69, 9.17) is 5.73 Å². The molecule has 1 amide bonds. The lowest BCUT2D eigenvalue weighted by Gasteiger charge is -2.08. The highest BCUT2D eigenvalue weighted by molar-refractivity contribution is 7.99. The van der Waals surface area contributed by atoms with Crippen molar-refractivity contribution in [3.8, 4) is 0 Å². The third-order valence-corrected chi connectivity index (χ3v) is 2.67. The molecule has 6 nitrogen and oxygen atoms in total. The minimum absolute atomic E-state index is 0.124. The van der Waals surface area contributed by atoms with Crippen molar-refractivity contribution in [2.24, 2.45) is 0 Å². The number of nitrogens with one attached hydrogen (secondary N) is 1. The normalized spacial score (nSPS) is 11.2. The van der Waals surface area contributed by atoms with Crippen molar-refractivity contribution >= 4 is 23.7 Å². The number of nitrogens with zero attached hydrogens (tertiary/aromatic N) is 2. The molecule has 0 aliphatic rings. The molecule has 0 aliphatic heterocycles. The Labute approximate surface area is 117 Å². The summed E-state index contributed by atoms with van der Waals surface area (Å²) in [5, 5.41) is 2.62. The second kappa shape index (κ2) is 7.17. The fourth-order valence-electron chi connectivity index (χ4n) is 1.12. The molecule has 3 N–H and O–H groups in total. The van der Waals surface area contributed by atoms with Gasteiger partial charge in [-0.1, -0.05) is 11.8 Å². The molecule has 0 saturated heterocycles. The number of ether oxygens (including phenoxy) is 1. The summed E-state index contributed by atoms with van der Waals surface area (Å²) in [7, 11) is 0. The number of amides is 1. The van der Waals surface area contributed by atoms with Gasteiger partial charge in [-0.2, -0.15) is 13.2 Å². The molecular weight excluding hydrogens is 297 g/mol. The van der Waals surface area contributed by atoms with Gasteiger partial charge in [-0.05, 0) is 6.92 Å². The molecule has 0 saturated carbocycles. The van der Waals surface area contributed by atoms with Gasteiger partial charge < -0.3 is 15.8 Å². The summed E-state index contributed by atoms with van der Waals surface area (Å²) in [4.78, 5) is 19.0. The number of anilines is 1. The number of rotatable bonds is 5. The molecule has 20 heavy (non-hydrogen) atoms. The second-order valence-corrected chi connectivity index (χ2v) is 4.75. The maximum atomic E-state index is 11.8. The molecule has 1 heterocycles. The Morgan fingerprint density at radius 2 is 2.20 bits per heavy atom. The summed E-state index contributed by atoms with van der Waals surface area (Å²) in [6, 6.07) is 1.61. The van der Waals surface area contributed by atoms with Crippen LogP contribution >= 0.6 is 11.8 Å².